The number of nitrogens with zero attached hydrogens (tertiary/aromatic N) is 3. The van der Waals surface area contributed by atoms with Gasteiger partial charge in [0.2, 0.25) is 0 Å². The summed E-state index contributed by atoms with van der Waals surface area (Å²) in [5.74, 6) is -3.44. The minimum atomic E-state index is -5.18. The quantitative estimate of drug-likeness (QED) is 0.280. The van der Waals surface area contributed by atoms with E-state index in [4.69, 9.17) is 11.6 Å². The zero-order valence-corrected chi connectivity index (χ0v) is 23.6. The monoisotopic (exact) mass is 634 g/mol. The predicted octanol–water partition coefficient (Wildman–Crippen LogP) is 6.31. The topological polar surface area (TPSA) is 103 Å². The van der Waals surface area contributed by atoms with Gasteiger partial charge in [-0.25, -0.2) is 27.0 Å². The fourth-order valence-corrected chi connectivity index (χ4v) is 6.81. The highest BCUT2D eigenvalue weighted by Gasteiger charge is 2.39. The van der Waals surface area contributed by atoms with Crippen molar-refractivity contribution in [1.29, 1.82) is 0 Å². The van der Waals surface area contributed by atoms with Crippen LogP contribution in [0, 0.1) is 11.6 Å². The second-order valence-electron chi connectivity index (χ2n) is 8.98. The summed E-state index contributed by atoms with van der Waals surface area (Å²) < 4.78 is 55.9. The van der Waals surface area contributed by atoms with Crippen LogP contribution in [-0.4, -0.2) is 41.6 Å². The van der Waals surface area contributed by atoms with Crippen molar-refractivity contribution in [2.24, 2.45) is 0 Å². The van der Waals surface area contributed by atoms with E-state index in [1.165, 1.54) is 5.51 Å². The number of carbonyl (C=O) groups is 1. The lowest BCUT2D eigenvalue weighted by molar-refractivity contribution is 0.00775. The molecule has 1 saturated heterocycles. The third kappa shape index (κ3) is 5.32. The van der Waals surface area contributed by atoms with Crippen molar-refractivity contribution in [1.82, 2.24) is 9.88 Å². The Hall–Kier alpha value is -2.32. The number of halogens is 4. The molecular weight excluding hydrogens is 614 g/mol. The highest BCUT2D eigenvalue weighted by Crippen LogP contribution is 2.37. The molecule has 0 radical (unpaired) electrons. The number of likely N-dealkylation sites (tertiary alicyclic amines) is 1. The van der Waals surface area contributed by atoms with Crippen molar-refractivity contribution >= 4 is 66.5 Å². The molecule has 0 spiro atoms. The van der Waals surface area contributed by atoms with Crippen LogP contribution < -0.4 is 9.62 Å². The van der Waals surface area contributed by atoms with Gasteiger partial charge in [0.1, 0.15) is 5.82 Å². The predicted molar refractivity (Wildman–Crippen MR) is 142 cm³/mol. The lowest BCUT2D eigenvalue weighted by Crippen LogP contribution is -2.55. The molecule has 1 fully saturated rings. The molecule has 2 heterocycles. The molecule has 0 unspecified atom stereocenters. The van der Waals surface area contributed by atoms with Crippen LogP contribution in [0.1, 0.15) is 31.4 Å². The smallest absolute Gasteiger partial charge is 0.427 e. The zero-order valence-electron chi connectivity index (χ0n) is 19.6. The molecule has 0 bridgehead atoms. The Labute approximate surface area is 230 Å². The van der Waals surface area contributed by atoms with Crippen molar-refractivity contribution in [3.8, 4) is 0 Å². The van der Waals surface area contributed by atoms with Crippen LogP contribution in [0.5, 0.6) is 0 Å². The van der Waals surface area contributed by atoms with E-state index in [2.05, 4.69) is 45.0 Å². The van der Waals surface area contributed by atoms with Crippen LogP contribution in [0.2, 0.25) is 5.02 Å². The molecule has 4 rings (SSSR count). The van der Waals surface area contributed by atoms with E-state index in [1.807, 2.05) is 12.1 Å². The molecule has 198 valence electrons. The van der Waals surface area contributed by atoms with E-state index in [0.29, 0.717) is 11.6 Å². The average molecular weight is 636 g/mol. The third-order valence-corrected chi connectivity index (χ3v) is 9.72. The first-order chi connectivity index (χ1) is 17.3. The first-order valence-corrected chi connectivity index (χ1v) is 14.5. The van der Waals surface area contributed by atoms with Crippen molar-refractivity contribution < 1.29 is 27.1 Å². The summed E-state index contributed by atoms with van der Waals surface area (Å²) in [7, 11) is -5.18. The number of anilines is 2. The number of amides is 1. The SMILES string of the molecule is CC1(C)CCN1Cc1cccc(Cl)c1CNc1cc(F)c(S(=O)(=O)N(C(=O)O)c2cscn2)c(F)c1Br. The highest BCUT2D eigenvalue weighted by atomic mass is 79.9. The Morgan fingerprint density at radius 3 is 2.68 bits per heavy atom. The van der Waals surface area contributed by atoms with Crippen molar-refractivity contribution in [2.45, 2.75) is 43.8 Å². The largest absolute Gasteiger partial charge is 0.464 e. The third-order valence-electron chi connectivity index (χ3n) is 6.30. The summed E-state index contributed by atoms with van der Waals surface area (Å²) in [6.45, 7) is 5.99. The molecule has 1 aliphatic heterocycles. The van der Waals surface area contributed by atoms with Gasteiger partial charge in [0.15, 0.2) is 16.5 Å². The van der Waals surface area contributed by atoms with E-state index < -0.39 is 38.5 Å². The Bertz CT molecular complexity index is 1460. The number of sulfonamides is 1. The maximum absolute atomic E-state index is 15.3. The van der Waals surface area contributed by atoms with Crippen LogP contribution in [-0.2, 0) is 23.1 Å². The number of benzene rings is 2. The van der Waals surface area contributed by atoms with E-state index in [1.54, 1.807) is 6.07 Å². The second kappa shape index (κ2) is 10.4. The molecule has 37 heavy (non-hydrogen) atoms. The van der Waals surface area contributed by atoms with Crippen LogP contribution in [0.3, 0.4) is 0 Å². The standard InChI is InChI=1S/C23H22BrClF2N4O4S2/c1-23(2)6-7-30(23)10-13-4-3-5-15(25)14(13)9-28-17-8-16(26)21(20(27)19(17)24)37(34,35)31(22(32)33)18-11-36-12-29-18/h3-5,8,11-12,28H,6-7,9-10H2,1-2H3,(H,32,33). The number of thiazole rings is 1. The Morgan fingerprint density at radius 1 is 1.38 bits per heavy atom. The zero-order chi connectivity index (χ0) is 27.1. The van der Waals surface area contributed by atoms with Gasteiger partial charge in [0, 0.05) is 35.6 Å². The van der Waals surface area contributed by atoms with Gasteiger partial charge in [-0.05, 0) is 59.5 Å². The van der Waals surface area contributed by atoms with Crippen LogP contribution in [0.15, 0.2) is 44.5 Å². The highest BCUT2D eigenvalue weighted by molar-refractivity contribution is 9.10. The average Bonchev–Trinajstić information content (AvgIpc) is 3.32. The minimum absolute atomic E-state index is 0.0615. The number of aromatic nitrogens is 1. The summed E-state index contributed by atoms with van der Waals surface area (Å²) in [4.78, 5) is 16.2. The Kier molecular flexibility index (Phi) is 7.82. The summed E-state index contributed by atoms with van der Waals surface area (Å²) >= 11 is 10.4. The first kappa shape index (κ1) is 27.7. The lowest BCUT2D eigenvalue weighted by atomic mass is 9.88. The molecule has 3 aromatic rings. The summed E-state index contributed by atoms with van der Waals surface area (Å²) in [5.41, 5.74) is 2.87. The van der Waals surface area contributed by atoms with Crippen LogP contribution >= 0.6 is 38.9 Å². The summed E-state index contributed by atoms with van der Waals surface area (Å²) in [6.07, 6.45) is -0.886. The normalized spacial score (nSPS) is 15.3. The number of carboxylic acid groups (broad SMARTS) is 1. The molecule has 1 amide bonds. The van der Waals surface area contributed by atoms with Gasteiger partial charge in [-0.3, -0.25) is 4.90 Å². The fourth-order valence-electron chi connectivity index (χ4n) is 4.01. The van der Waals surface area contributed by atoms with Crippen molar-refractivity contribution in [3.05, 3.63) is 67.4 Å². The van der Waals surface area contributed by atoms with Gasteiger partial charge in [-0.15, -0.1) is 15.6 Å². The van der Waals surface area contributed by atoms with E-state index in [9.17, 15) is 18.3 Å². The number of rotatable bonds is 8. The molecule has 2 aromatic carbocycles. The van der Waals surface area contributed by atoms with Gasteiger partial charge < -0.3 is 10.4 Å². The van der Waals surface area contributed by atoms with Gasteiger partial charge in [0.25, 0.3) is 10.0 Å². The Balaban J connectivity index is 1.64. The molecule has 2 N–H and O–H groups in total. The molecule has 0 aliphatic carbocycles. The Morgan fingerprint density at radius 2 is 2.11 bits per heavy atom. The second-order valence-corrected chi connectivity index (χ2v) is 12.6. The van der Waals surface area contributed by atoms with Gasteiger partial charge in [-0.2, -0.15) is 0 Å². The van der Waals surface area contributed by atoms with Crippen LogP contribution in [0.25, 0.3) is 0 Å². The van der Waals surface area contributed by atoms with Gasteiger partial charge >= 0.3 is 6.09 Å². The molecule has 8 nitrogen and oxygen atoms in total. The maximum atomic E-state index is 15.3. The molecule has 0 saturated carbocycles. The number of nitrogens with one attached hydrogen (secondary N) is 1. The fraction of sp³-hybridized carbons (Fsp3) is 0.304. The number of hydrogen-bond acceptors (Lipinski definition) is 7. The molecule has 14 heteroatoms. The lowest BCUT2D eigenvalue weighted by Gasteiger charge is -2.48. The van der Waals surface area contributed by atoms with Crippen LogP contribution in [0.4, 0.5) is 25.1 Å². The maximum Gasteiger partial charge on any atom is 0.427 e. The van der Waals surface area contributed by atoms with Crippen molar-refractivity contribution in [3.63, 3.8) is 0 Å². The van der Waals surface area contributed by atoms with Gasteiger partial charge in [-0.1, -0.05) is 23.7 Å². The number of hydrogen-bond donors (Lipinski definition) is 2. The van der Waals surface area contributed by atoms with E-state index in [0.717, 1.165) is 46.9 Å². The van der Waals surface area contributed by atoms with Crippen molar-refractivity contribution in [2.75, 3.05) is 16.2 Å². The molecular formula is C23H22BrClF2N4O4S2. The molecule has 0 atom stereocenters. The summed E-state index contributed by atoms with van der Waals surface area (Å²) in [5, 5.41) is 14.0. The van der Waals surface area contributed by atoms with E-state index in [-0.39, 0.29) is 26.5 Å². The van der Waals surface area contributed by atoms with Gasteiger partial charge in [0.05, 0.1) is 15.7 Å². The first-order valence-electron chi connectivity index (χ1n) is 10.9. The molecule has 1 aromatic heterocycles. The van der Waals surface area contributed by atoms with E-state index >= 15 is 8.78 Å². The minimum Gasteiger partial charge on any atom is -0.464 e. The summed E-state index contributed by atoms with van der Waals surface area (Å²) in [6, 6.07) is 6.27. The molecule has 1 aliphatic rings.